The second-order valence-electron chi connectivity index (χ2n) is 7.94. The van der Waals surface area contributed by atoms with Gasteiger partial charge < -0.3 is 26.6 Å². The largest absolute Gasteiger partial charge is 0.357 e. The highest BCUT2D eigenvalue weighted by molar-refractivity contribution is 5.94. The zero-order valence-corrected chi connectivity index (χ0v) is 18.3. The number of nitrogens with one attached hydrogen (secondary N) is 3. The molecule has 9 heteroatoms. The van der Waals surface area contributed by atoms with Gasteiger partial charge in [0.2, 0.25) is 23.6 Å². The summed E-state index contributed by atoms with van der Waals surface area (Å²) in [5.41, 5.74) is 5.95. The van der Waals surface area contributed by atoms with Gasteiger partial charge in [-0.05, 0) is 32.1 Å². The minimum Gasteiger partial charge on any atom is -0.357 e. The lowest BCUT2D eigenvalue weighted by Gasteiger charge is -2.32. The average Bonchev–Trinajstić information content (AvgIpc) is 2.62. The lowest BCUT2D eigenvalue weighted by molar-refractivity contribution is -0.142. The number of carbonyl (C=O) groups excluding carboxylic acids is 4. The van der Waals surface area contributed by atoms with Gasteiger partial charge in [-0.15, -0.1) is 0 Å². The van der Waals surface area contributed by atoms with Gasteiger partial charge in [-0.25, -0.2) is 0 Å². The molecule has 0 heterocycles. The first-order chi connectivity index (χ1) is 12.8. The van der Waals surface area contributed by atoms with Gasteiger partial charge in [-0.3, -0.25) is 19.2 Å². The lowest BCUT2D eigenvalue weighted by atomic mass is 9.98. The first kappa shape index (κ1) is 25.8. The molecular weight excluding hydrogens is 362 g/mol. The molecule has 0 aromatic carbocycles. The van der Waals surface area contributed by atoms with Crippen LogP contribution in [-0.4, -0.2) is 66.8 Å². The van der Waals surface area contributed by atoms with Gasteiger partial charge in [-0.2, -0.15) is 0 Å². The van der Waals surface area contributed by atoms with E-state index in [1.807, 2.05) is 27.7 Å². The van der Waals surface area contributed by atoms with E-state index in [9.17, 15) is 19.2 Å². The summed E-state index contributed by atoms with van der Waals surface area (Å²) in [6.07, 6.45) is 0.432. The highest BCUT2D eigenvalue weighted by Crippen LogP contribution is 2.14. The van der Waals surface area contributed by atoms with Crippen molar-refractivity contribution < 1.29 is 19.2 Å². The van der Waals surface area contributed by atoms with E-state index in [0.29, 0.717) is 6.42 Å². The van der Waals surface area contributed by atoms with Crippen LogP contribution in [0.5, 0.6) is 0 Å². The molecule has 0 rings (SSSR count). The van der Waals surface area contributed by atoms with Crippen LogP contribution in [0.15, 0.2) is 0 Å². The summed E-state index contributed by atoms with van der Waals surface area (Å²) in [7, 11) is 3.02. The van der Waals surface area contributed by atoms with Crippen molar-refractivity contribution in [3.63, 3.8) is 0 Å². The molecule has 9 nitrogen and oxygen atoms in total. The van der Waals surface area contributed by atoms with Gasteiger partial charge >= 0.3 is 0 Å². The van der Waals surface area contributed by atoms with Crippen LogP contribution in [0.1, 0.15) is 48.0 Å². The molecule has 162 valence electrons. The number of carbonyl (C=O) groups is 4. The van der Waals surface area contributed by atoms with E-state index >= 15 is 0 Å². The lowest BCUT2D eigenvalue weighted by Crippen LogP contribution is -2.57. The predicted octanol–water partition coefficient (Wildman–Crippen LogP) is -0.402. The summed E-state index contributed by atoms with van der Waals surface area (Å²) in [6, 6.07) is -3.04. The van der Waals surface area contributed by atoms with Crippen LogP contribution in [-0.2, 0) is 19.2 Å². The molecule has 0 unspecified atom stereocenters. The third kappa shape index (κ3) is 7.84. The summed E-state index contributed by atoms with van der Waals surface area (Å²) in [5, 5.41) is 7.61. The van der Waals surface area contributed by atoms with E-state index in [1.54, 1.807) is 14.0 Å². The fourth-order valence-corrected chi connectivity index (χ4v) is 2.56. The number of amides is 4. The Kier molecular flexibility index (Phi) is 10.7. The first-order valence-electron chi connectivity index (χ1n) is 9.67. The van der Waals surface area contributed by atoms with Crippen LogP contribution in [0.2, 0.25) is 0 Å². The zero-order valence-electron chi connectivity index (χ0n) is 18.3. The highest BCUT2D eigenvalue weighted by Gasteiger charge is 2.32. The normalized spacial score (nSPS) is 15.4. The molecule has 4 atom stereocenters. The number of likely N-dealkylation sites (N-methyl/N-ethyl adjacent to an activating group) is 2. The van der Waals surface area contributed by atoms with Crippen molar-refractivity contribution in [2.75, 3.05) is 14.1 Å². The predicted molar refractivity (Wildman–Crippen MR) is 108 cm³/mol. The molecule has 4 amide bonds. The van der Waals surface area contributed by atoms with Gasteiger partial charge in [-0.1, -0.05) is 27.7 Å². The van der Waals surface area contributed by atoms with Gasteiger partial charge in [0.05, 0.1) is 6.04 Å². The van der Waals surface area contributed by atoms with Crippen LogP contribution in [0, 0.1) is 11.8 Å². The topological polar surface area (TPSA) is 134 Å². The summed E-state index contributed by atoms with van der Waals surface area (Å²) in [5.74, 6) is -1.48. The molecule has 28 heavy (non-hydrogen) atoms. The molecule has 5 N–H and O–H groups in total. The standard InChI is InChI=1S/C19H37N5O4/c1-10(2)9-14(24(8)19(28)15(20)11(3)4)18(27)23-13(6)17(26)22-12(5)16(25)21-7/h10-15H,9,20H2,1-8H3,(H,21,25)(H,22,26)(H,23,27)/t12-,13+,14-,15-/m0/s1. The maximum absolute atomic E-state index is 12.8. The molecule has 0 saturated heterocycles. The summed E-state index contributed by atoms with van der Waals surface area (Å²) in [4.78, 5) is 50.5. The Hall–Kier alpha value is -2.16. The van der Waals surface area contributed by atoms with Gasteiger partial charge in [0.25, 0.3) is 0 Å². The monoisotopic (exact) mass is 399 g/mol. The van der Waals surface area contributed by atoms with Crippen molar-refractivity contribution in [2.24, 2.45) is 17.6 Å². The second kappa shape index (κ2) is 11.6. The summed E-state index contributed by atoms with van der Waals surface area (Å²) in [6.45, 7) is 10.6. The summed E-state index contributed by atoms with van der Waals surface area (Å²) < 4.78 is 0. The van der Waals surface area contributed by atoms with Crippen LogP contribution in [0.3, 0.4) is 0 Å². The number of hydrogen-bond acceptors (Lipinski definition) is 5. The van der Waals surface area contributed by atoms with Crippen molar-refractivity contribution in [1.82, 2.24) is 20.9 Å². The minimum atomic E-state index is -0.864. The van der Waals surface area contributed by atoms with E-state index in [4.69, 9.17) is 5.73 Å². The Morgan fingerprint density at radius 2 is 1.32 bits per heavy atom. The van der Waals surface area contributed by atoms with Crippen molar-refractivity contribution in [2.45, 2.75) is 72.1 Å². The van der Waals surface area contributed by atoms with E-state index in [-0.39, 0.29) is 23.7 Å². The highest BCUT2D eigenvalue weighted by atomic mass is 16.2. The van der Waals surface area contributed by atoms with E-state index in [0.717, 1.165) is 0 Å². The maximum Gasteiger partial charge on any atom is 0.243 e. The van der Waals surface area contributed by atoms with Crippen LogP contribution in [0.4, 0.5) is 0 Å². The van der Waals surface area contributed by atoms with Crippen molar-refractivity contribution >= 4 is 23.6 Å². The number of rotatable bonds is 10. The molecule has 0 radical (unpaired) electrons. The fraction of sp³-hybridized carbons (Fsp3) is 0.789. The molecule has 0 fully saturated rings. The number of nitrogens with zero attached hydrogens (tertiary/aromatic N) is 1. The Morgan fingerprint density at radius 1 is 0.857 bits per heavy atom. The molecule has 0 aliphatic heterocycles. The van der Waals surface area contributed by atoms with Gasteiger partial charge in [0, 0.05) is 14.1 Å². The van der Waals surface area contributed by atoms with Crippen LogP contribution in [0.25, 0.3) is 0 Å². The molecule has 0 aromatic heterocycles. The maximum atomic E-state index is 12.8. The van der Waals surface area contributed by atoms with E-state index < -0.39 is 36.0 Å². The quantitative estimate of drug-likeness (QED) is 0.397. The average molecular weight is 400 g/mol. The van der Waals surface area contributed by atoms with Crippen molar-refractivity contribution in [1.29, 1.82) is 0 Å². The van der Waals surface area contributed by atoms with Crippen molar-refractivity contribution in [3.8, 4) is 0 Å². The zero-order chi connectivity index (χ0) is 22.2. The number of hydrogen-bond donors (Lipinski definition) is 4. The van der Waals surface area contributed by atoms with Crippen molar-refractivity contribution in [3.05, 3.63) is 0 Å². The van der Waals surface area contributed by atoms with Crippen LogP contribution < -0.4 is 21.7 Å². The van der Waals surface area contributed by atoms with Crippen LogP contribution >= 0.6 is 0 Å². The third-order valence-electron chi connectivity index (χ3n) is 4.57. The molecular formula is C19H37N5O4. The summed E-state index contributed by atoms with van der Waals surface area (Å²) >= 11 is 0. The molecule has 0 aliphatic rings. The first-order valence-corrected chi connectivity index (χ1v) is 9.67. The second-order valence-corrected chi connectivity index (χ2v) is 7.94. The van der Waals surface area contributed by atoms with Gasteiger partial charge in [0.1, 0.15) is 18.1 Å². The molecule has 0 bridgehead atoms. The molecule has 0 aliphatic carbocycles. The Labute approximate surface area is 168 Å². The molecule has 0 aromatic rings. The van der Waals surface area contributed by atoms with E-state index in [1.165, 1.54) is 18.9 Å². The third-order valence-corrected chi connectivity index (χ3v) is 4.57. The smallest absolute Gasteiger partial charge is 0.243 e. The SMILES string of the molecule is CNC(=O)[C@H](C)NC(=O)[C@@H](C)NC(=O)[C@H](CC(C)C)N(C)C(=O)[C@@H](N)C(C)C. The Bertz CT molecular complexity index is 565. The Morgan fingerprint density at radius 3 is 1.75 bits per heavy atom. The minimum absolute atomic E-state index is 0.0615. The molecule has 0 spiro atoms. The Balaban J connectivity index is 5.18. The van der Waals surface area contributed by atoms with E-state index in [2.05, 4.69) is 16.0 Å². The molecule has 0 saturated carbocycles. The number of nitrogens with two attached hydrogens (primary N) is 1. The van der Waals surface area contributed by atoms with Gasteiger partial charge in [0.15, 0.2) is 0 Å². The fourth-order valence-electron chi connectivity index (χ4n) is 2.56.